The fraction of sp³-hybridized carbons (Fsp3) is 0.732. The van der Waals surface area contributed by atoms with E-state index in [1.54, 1.807) is 0 Å². The van der Waals surface area contributed by atoms with Gasteiger partial charge in [0, 0.05) is 19.3 Å². The zero-order valence-electron chi connectivity index (χ0n) is 40.6. The Balaban J connectivity index is 4.45. The van der Waals surface area contributed by atoms with Gasteiger partial charge >= 0.3 is 17.9 Å². The van der Waals surface area contributed by atoms with Gasteiger partial charge in [0.05, 0.1) is 0 Å². The number of rotatable bonds is 46. The van der Waals surface area contributed by atoms with E-state index in [0.29, 0.717) is 19.3 Å². The van der Waals surface area contributed by atoms with Crippen molar-refractivity contribution in [3.05, 3.63) is 72.9 Å². The van der Waals surface area contributed by atoms with Crippen molar-refractivity contribution in [3.8, 4) is 0 Å². The summed E-state index contributed by atoms with van der Waals surface area (Å²) in [5, 5.41) is 0. The minimum absolute atomic E-state index is 0.100. The number of unbranched alkanes of at least 4 members (excludes halogenated alkanes) is 23. The van der Waals surface area contributed by atoms with Crippen molar-refractivity contribution in [2.75, 3.05) is 13.2 Å². The van der Waals surface area contributed by atoms with Crippen LogP contribution in [0.25, 0.3) is 0 Å². The molecule has 0 heterocycles. The van der Waals surface area contributed by atoms with Crippen LogP contribution in [0, 0.1) is 0 Å². The van der Waals surface area contributed by atoms with Crippen LogP contribution in [0.5, 0.6) is 0 Å². The minimum Gasteiger partial charge on any atom is -0.462 e. The van der Waals surface area contributed by atoms with Gasteiger partial charge < -0.3 is 14.2 Å². The monoisotopic (exact) mass is 865 g/mol. The third kappa shape index (κ3) is 47.9. The van der Waals surface area contributed by atoms with E-state index in [4.69, 9.17) is 14.2 Å². The molecule has 0 aliphatic carbocycles. The highest BCUT2D eigenvalue weighted by molar-refractivity contribution is 5.71. The van der Waals surface area contributed by atoms with Crippen LogP contribution in [0.15, 0.2) is 72.9 Å². The van der Waals surface area contributed by atoms with E-state index in [2.05, 4.69) is 87.6 Å². The second-order valence-electron chi connectivity index (χ2n) is 17.0. The number of esters is 3. The molecule has 0 saturated heterocycles. The first-order valence-corrected chi connectivity index (χ1v) is 25.9. The summed E-state index contributed by atoms with van der Waals surface area (Å²) < 4.78 is 16.7. The van der Waals surface area contributed by atoms with E-state index in [9.17, 15) is 14.4 Å². The third-order valence-electron chi connectivity index (χ3n) is 10.9. The molecule has 1 unspecified atom stereocenters. The van der Waals surface area contributed by atoms with E-state index >= 15 is 0 Å². The maximum Gasteiger partial charge on any atom is 0.306 e. The first kappa shape index (κ1) is 58.9. The van der Waals surface area contributed by atoms with Crippen molar-refractivity contribution < 1.29 is 28.6 Å². The van der Waals surface area contributed by atoms with Crippen LogP contribution in [-0.4, -0.2) is 37.2 Å². The Bertz CT molecular complexity index is 1180. The van der Waals surface area contributed by atoms with Gasteiger partial charge in [-0.3, -0.25) is 14.4 Å². The van der Waals surface area contributed by atoms with Crippen LogP contribution in [0.1, 0.15) is 245 Å². The van der Waals surface area contributed by atoms with Gasteiger partial charge in [0.25, 0.3) is 0 Å². The molecule has 0 radical (unpaired) electrons. The maximum absolute atomic E-state index is 12.8. The van der Waals surface area contributed by atoms with E-state index in [-0.39, 0.29) is 37.5 Å². The number of hydrogen-bond donors (Lipinski definition) is 0. The second-order valence-corrected chi connectivity index (χ2v) is 17.0. The van der Waals surface area contributed by atoms with Gasteiger partial charge in [0.15, 0.2) is 6.10 Å². The molecular formula is C56H96O6. The standard InChI is InChI=1S/C56H96O6/c1-4-7-10-13-16-19-22-25-27-28-29-32-34-37-40-43-46-49-55(58)61-52-53(51-60-54(57)48-45-42-39-36-33-30-24-21-18-15-12-9-6-3)62-56(59)50-47-44-41-38-35-31-26-23-20-17-14-11-8-5-2/h8,11,16-17,19-20,25,27,30,33,39,42,53H,4-7,9-10,12-15,18,21-24,26,28-29,31-32,34-38,40-41,43-52H2,1-3H3/b11-8+,19-16+,20-17+,27-25+,33-30+,42-39+. The summed E-state index contributed by atoms with van der Waals surface area (Å²) in [7, 11) is 0. The highest BCUT2D eigenvalue weighted by atomic mass is 16.6. The van der Waals surface area contributed by atoms with Crippen LogP contribution in [0.2, 0.25) is 0 Å². The molecule has 356 valence electrons. The lowest BCUT2D eigenvalue weighted by atomic mass is 10.1. The second kappa shape index (κ2) is 50.5. The Labute approximate surface area is 382 Å². The summed E-state index contributed by atoms with van der Waals surface area (Å²) in [6.07, 6.45) is 63.2. The van der Waals surface area contributed by atoms with Crippen molar-refractivity contribution in [1.82, 2.24) is 0 Å². The zero-order valence-corrected chi connectivity index (χ0v) is 40.6. The average Bonchev–Trinajstić information content (AvgIpc) is 3.27. The molecule has 0 aromatic heterocycles. The van der Waals surface area contributed by atoms with Gasteiger partial charge in [-0.25, -0.2) is 0 Å². The molecule has 0 fully saturated rings. The Morgan fingerprint density at radius 1 is 0.339 bits per heavy atom. The third-order valence-corrected chi connectivity index (χ3v) is 10.9. The Hall–Kier alpha value is -3.15. The summed E-state index contributed by atoms with van der Waals surface area (Å²) in [5.41, 5.74) is 0. The Morgan fingerprint density at radius 3 is 1.10 bits per heavy atom. The molecule has 0 aromatic carbocycles. The lowest BCUT2D eigenvalue weighted by Crippen LogP contribution is -2.30. The first-order chi connectivity index (χ1) is 30.5. The summed E-state index contributed by atoms with van der Waals surface area (Å²) in [6, 6.07) is 0. The van der Waals surface area contributed by atoms with Crippen molar-refractivity contribution >= 4 is 17.9 Å². The summed E-state index contributed by atoms with van der Waals surface area (Å²) in [6.45, 7) is 6.43. The van der Waals surface area contributed by atoms with Crippen molar-refractivity contribution in [1.29, 1.82) is 0 Å². The highest BCUT2D eigenvalue weighted by Crippen LogP contribution is 2.14. The van der Waals surface area contributed by atoms with Gasteiger partial charge in [-0.1, -0.05) is 203 Å². The quantitative estimate of drug-likeness (QED) is 0.0262. The molecule has 6 heteroatoms. The Kier molecular flexibility index (Phi) is 47.9. The number of carbonyl (C=O) groups is 3. The predicted molar refractivity (Wildman–Crippen MR) is 265 cm³/mol. The smallest absolute Gasteiger partial charge is 0.306 e. The largest absolute Gasteiger partial charge is 0.462 e. The van der Waals surface area contributed by atoms with Crippen molar-refractivity contribution in [2.45, 2.75) is 252 Å². The molecule has 0 N–H and O–H groups in total. The fourth-order valence-corrected chi connectivity index (χ4v) is 7.03. The van der Waals surface area contributed by atoms with Crippen molar-refractivity contribution in [2.24, 2.45) is 0 Å². The lowest BCUT2D eigenvalue weighted by molar-refractivity contribution is -0.166. The summed E-state index contributed by atoms with van der Waals surface area (Å²) >= 11 is 0. The zero-order chi connectivity index (χ0) is 45.1. The molecule has 0 bridgehead atoms. The van der Waals surface area contributed by atoms with E-state index in [1.807, 2.05) is 6.08 Å². The molecule has 0 amide bonds. The summed E-state index contributed by atoms with van der Waals surface area (Å²) in [5.74, 6) is -0.985. The van der Waals surface area contributed by atoms with Gasteiger partial charge in [0.1, 0.15) is 13.2 Å². The molecule has 0 aliphatic rings. The molecular weight excluding hydrogens is 769 g/mol. The van der Waals surface area contributed by atoms with Crippen LogP contribution < -0.4 is 0 Å². The number of carbonyl (C=O) groups excluding carboxylic acids is 3. The van der Waals surface area contributed by atoms with Gasteiger partial charge in [-0.05, 0) is 96.3 Å². The van der Waals surface area contributed by atoms with Crippen LogP contribution in [0.4, 0.5) is 0 Å². The SMILES string of the molecule is CC/C=C/C/C=C/CCCCCCCCCC(=O)OC(COC(=O)CC/C=C/C/C=C/CCCCCCCC)COC(=O)CCCCCCCCC/C=C/C/C=C/CCCCC. The van der Waals surface area contributed by atoms with Gasteiger partial charge in [-0.15, -0.1) is 0 Å². The molecule has 0 aliphatic heterocycles. The Morgan fingerprint density at radius 2 is 0.661 bits per heavy atom. The van der Waals surface area contributed by atoms with Gasteiger partial charge in [-0.2, -0.15) is 0 Å². The first-order valence-electron chi connectivity index (χ1n) is 25.9. The maximum atomic E-state index is 12.8. The fourth-order valence-electron chi connectivity index (χ4n) is 7.03. The molecule has 6 nitrogen and oxygen atoms in total. The minimum atomic E-state index is -0.804. The van der Waals surface area contributed by atoms with E-state index in [1.165, 1.54) is 116 Å². The lowest BCUT2D eigenvalue weighted by Gasteiger charge is -2.18. The van der Waals surface area contributed by atoms with Crippen LogP contribution in [-0.2, 0) is 28.6 Å². The summed E-state index contributed by atoms with van der Waals surface area (Å²) in [4.78, 5) is 37.9. The molecule has 0 rings (SSSR count). The molecule has 0 aromatic rings. The van der Waals surface area contributed by atoms with Crippen LogP contribution >= 0.6 is 0 Å². The van der Waals surface area contributed by atoms with Gasteiger partial charge in [0.2, 0.25) is 0 Å². The predicted octanol–water partition coefficient (Wildman–Crippen LogP) is 17.0. The number of hydrogen-bond acceptors (Lipinski definition) is 6. The number of allylic oxidation sites excluding steroid dienone is 12. The molecule has 0 saturated carbocycles. The van der Waals surface area contributed by atoms with Crippen molar-refractivity contribution in [3.63, 3.8) is 0 Å². The molecule has 1 atom stereocenters. The number of ether oxygens (including phenoxy) is 3. The molecule has 0 spiro atoms. The normalized spacial score (nSPS) is 12.6. The van der Waals surface area contributed by atoms with E-state index < -0.39 is 6.10 Å². The highest BCUT2D eigenvalue weighted by Gasteiger charge is 2.19. The topological polar surface area (TPSA) is 78.9 Å². The van der Waals surface area contributed by atoms with E-state index in [0.717, 1.165) is 83.5 Å². The average molecular weight is 865 g/mol. The van der Waals surface area contributed by atoms with Crippen LogP contribution in [0.3, 0.4) is 0 Å². The molecule has 62 heavy (non-hydrogen) atoms.